The third kappa shape index (κ3) is 3.67. The van der Waals surface area contributed by atoms with E-state index in [9.17, 15) is 5.11 Å². The summed E-state index contributed by atoms with van der Waals surface area (Å²) in [5.74, 6) is 1.38. The number of rotatable bonds is 5. The first-order valence-corrected chi connectivity index (χ1v) is 7.29. The lowest BCUT2D eigenvalue weighted by atomic mass is 9.84. The molecule has 3 heteroatoms. The highest BCUT2D eigenvalue weighted by atomic mass is 16.3. The van der Waals surface area contributed by atoms with Crippen molar-refractivity contribution in [2.45, 2.75) is 51.2 Å². The summed E-state index contributed by atoms with van der Waals surface area (Å²) >= 11 is 0. The van der Waals surface area contributed by atoms with Crippen molar-refractivity contribution >= 4 is 0 Å². The molecule has 0 aromatic heterocycles. The zero-order chi connectivity index (χ0) is 12.3. The lowest BCUT2D eigenvalue weighted by Gasteiger charge is -2.39. The van der Waals surface area contributed by atoms with Crippen molar-refractivity contribution in [1.29, 1.82) is 0 Å². The van der Waals surface area contributed by atoms with Crippen LogP contribution in [-0.4, -0.2) is 48.8 Å². The molecule has 0 aromatic carbocycles. The SMILES string of the molecule is CCC(O)C1CC(NCC2CCC2)CN(C)C1. The van der Waals surface area contributed by atoms with Crippen LogP contribution in [0.1, 0.15) is 39.0 Å². The molecule has 1 saturated heterocycles. The molecule has 1 heterocycles. The maximum Gasteiger partial charge on any atom is 0.0578 e. The fourth-order valence-corrected chi connectivity index (χ4v) is 3.16. The fourth-order valence-electron chi connectivity index (χ4n) is 3.16. The highest BCUT2D eigenvalue weighted by Crippen LogP contribution is 2.26. The topological polar surface area (TPSA) is 35.5 Å². The minimum absolute atomic E-state index is 0.120. The molecule has 0 bridgehead atoms. The molecule has 0 amide bonds. The van der Waals surface area contributed by atoms with E-state index in [2.05, 4.69) is 24.2 Å². The van der Waals surface area contributed by atoms with E-state index < -0.39 is 0 Å². The molecule has 0 aromatic rings. The molecule has 3 nitrogen and oxygen atoms in total. The molecule has 0 spiro atoms. The van der Waals surface area contributed by atoms with Crippen molar-refractivity contribution in [3.8, 4) is 0 Å². The molecule has 3 unspecified atom stereocenters. The second-order valence-electron chi connectivity index (χ2n) is 6.09. The van der Waals surface area contributed by atoms with Gasteiger partial charge in [-0.2, -0.15) is 0 Å². The smallest absolute Gasteiger partial charge is 0.0578 e. The molecule has 2 N–H and O–H groups in total. The van der Waals surface area contributed by atoms with Gasteiger partial charge < -0.3 is 15.3 Å². The van der Waals surface area contributed by atoms with Gasteiger partial charge in [0.15, 0.2) is 0 Å². The van der Waals surface area contributed by atoms with E-state index in [-0.39, 0.29) is 6.10 Å². The average molecular weight is 240 g/mol. The Morgan fingerprint density at radius 2 is 2.12 bits per heavy atom. The standard InChI is InChI=1S/C14H28N2O/c1-3-14(17)12-7-13(10-16(2)9-12)15-8-11-5-4-6-11/h11-15,17H,3-10H2,1-2H3. The summed E-state index contributed by atoms with van der Waals surface area (Å²) in [4.78, 5) is 2.37. The van der Waals surface area contributed by atoms with Crippen LogP contribution in [-0.2, 0) is 0 Å². The number of nitrogens with zero attached hydrogens (tertiary/aromatic N) is 1. The number of likely N-dealkylation sites (N-methyl/N-ethyl adjacent to an activating group) is 1. The van der Waals surface area contributed by atoms with E-state index >= 15 is 0 Å². The van der Waals surface area contributed by atoms with Crippen LogP contribution in [0.2, 0.25) is 0 Å². The fraction of sp³-hybridized carbons (Fsp3) is 1.00. The number of nitrogens with one attached hydrogen (secondary N) is 1. The summed E-state index contributed by atoms with van der Waals surface area (Å²) in [5, 5.41) is 13.7. The lowest BCUT2D eigenvalue weighted by Crippen LogP contribution is -2.51. The summed E-state index contributed by atoms with van der Waals surface area (Å²) in [5.41, 5.74) is 0. The highest BCUT2D eigenvalue weighted by Gasteiger charge is 2.29. The largest absolute Gasteiger partial charge is 0.393 e. The van der Waals surface area contributed by atoms with Crippen LogP contribution in [0, 0.1) is 11.8 Å². The minimum Gasteiger partial charge on any atom is -0.393 e. The highest BCUT2D eigenvalue weighted by molar-refractivity contribution is 4.86. The zero-order valence-electron chi connectivity index (χ0n) is 11.4. The Morgan fingerprint density at radius 3 is 2.71 bits per heavy atom. The van der Waals surface area contributed by atoms with Gasteiger partial charge in [-0.1, -0.05) is 13.3 Å². The predicted molar refractivity (Wildman–Crippen MR) is 71.0 cm³/mol. The zero-order valence-corrected chi connectivity index (χ0v) is 11.4. The van der Waals surface area contributed by atoms with Crippen molar-refractivity contribution < 1.29 is 5.11 Å². The molecule has 0 radical (unpaired) electrons. The van der Waals surface area contributed by atoms with Crippen molar-refractivity contribution in [3.05, 3.63) is 0 Å². The molecule has 3 atom stereocenters. The Bertz CT molecular complexity index is 230. The van der Waals surface area contributed by atoms with Gasteiger partial charge in [0.2, 0.25) is 0 Å². The molecular weight excluding hydrogens is 212 g/mol. The van der Waals surface area contributed by atoms with E-state index in [1.807, 2.05) is 0 Å². The summed E-state index contributed by atoms with van der Waals surface area (Å²) in [6.07, 6.45) is 6.16. The molecule has 100 valence electrons. The number of piperidine rings is 1. The van der Waals surface area contributed by atoms with Crippen LogP contribution in [0.4, 0.5) is 0 Å². The second-order valence-corrected chi connectivity index (χ2v) is 6.09. The van der Waals surface area contributed by atoms with Crippen LogP contribution in [0.15, 0.2) is 0 Å². The average Bonchev–Trinajstić information content (AvgIpc) is 2.25. The predicted octanol–water partition coefficient (Wildman–Crippen LogP) is 1.47. The van der Waals surface area contributed by atoms with Crippen molar-refractivity contribution in [1.82, 2.24) is 10.2 Å². The van der Waals surface area contributed by atoms with Gasteiger partial charge in [-0.05, 0) is 51.1 Å². The summed E-state index contributed by atoms with van der Waals surface area (Å²) in [7, 11) is 2.17. The summed E-state index contributed by atoms with van der Waals surface area (Å²) < 4.78 is 0. The van der Waals surface area contributed by atoms with Crippen LogP contribution in [0.25, 0.3) is 0 Å². The van der Waals surface area contributed by atoms with E-state index in [0.717, 1.165) is 31.8 Å². The van der Waals surface area contributed by atoms with Gasteiger partial charge in [-0.25, -0.2) is 0 Å². The van der Waals surface area contributed by atoms with Crippen LogP contribution < -0.4 is 5.32 Å². The van der Waals surface area contributed by atoms with Gasteiger partial charge in [-0.3, -0.25) is 0 Å². The first kappa shape index (κ1) is 13.3. The van der Waals surface area contributed by atoms with E-state index in [4.69, 9.17) is 0 Å². The van der Waals surface area contributed by atoms with Crippen LogP contribution in [0.3, 0.4) is 0 Å². The third-order valence-electron chi connectivity index (χ3n) is 4.55. The van der Waals surface area contributed by atoms with Gasteiger partial charge in [0.05, 0.1) is 6.10 Å². The number of aliphatic hydroxyl groups excluding tert-OH is 1. The Hall–Kier alpha value is -0.120. The monoisotopic (exact) mass is 240 g/mol. The van der Waals surface area contributed by atoms with Crippen LogP contribution in [0.5, 0.6) is 0 Å². The summed E-state index contributed by atoms with van der Waals surface area (Å²) in [6.45, 7) is 5.46. The first-order valence-electron chi connectivity index (χ1n) is 7.29. The molecule has 1 aliphatic carbocycles. The number of hydrogen-bond donors (Lipinski definition) is 2. The third-order valence-corrected chi connectivity index (χ3v) is 4.55. The minimum atomic E-state index is -0.120. The quantitative estimate of drug-likeness (QED) is 0.764. The Labute approximate surface area is 106 Å². The Balaban J connectivity index is 1.76. The van der Waals surface area contributed by atoms with E-state index in [0.29, 0.717) is 12.0 Å². The van der Waals surface area contributed by atoms with Crippen LogP contribution >= 0.6 is 0 Å². The molecular formula is C14H28N2O. The van der Waals surface area contributed by atoms with Gasteiger partial charge in [0.25, 0.3) is 0 Å². The Morgan fingerprint density at radius 1 is 1.35 bits per heavy atom. The van der Waals surface area contributed by atoms with Crippen molar-refractivity contribution in [3.63, 3.8) is 0 Å². The maximum absolute atomic E-state index is 10.00. The van der Waals surface area contributed by atoms with E-state index in [1.165, 1.54) is 25.8 Å². The molecule has 1 aliphatic heterocycles. The first-order chi connectivity index (χ1) is 8.19. The van der Waals surface area contributed by atoms with E-state index in [1.54, 1.807) is 0 Å². The Kier molecular flexibility index (Phi) is 4.83. The second kappa shape index (κ2) is 6.17. The molecule has 2 rings (SSSR count). The molecule has 1 saturated carbocycles. The van der Waals surface area contributed by atoms with Gasteiger partial charge in [0, 0.05) is 19.1 Å². The molecule has 2 aliphatic rings. The summed E-state index contributed by atoms with van der Waals surface area (Å²) in [6, 6.07) is 0.584. The molecule has 2 fully saturated rings. The maximum atomic E-state index is 10.00. The van der Waals surface area contributed by atoms with Gasteiger partial charge in [0.1, 0.15) is 0 Å². The number of likely N-dealkylation sites (tertiary alicyclic amines) is 1. The normalized spacial score (nSPS) is 33.4. The van der Waals surface area contributed by atoms with Crippen molar-refractivity contribution in [2.75, 3.05) is 26.7 Å². The molecule has 17 heavy (non-hydrogen) atoms. The van der Waals surface area contributed by atoms with Gasteiger partial charge in [-0.15, -0.1) is 0 Å². The van der Waals surface area contributed by atoms with Gasteiger partial charge >= 0.3 is 0 Å². The number of aliphatic hydroxyl groups is 1. The van der Waals surface area contributed by atoms with Crippen molar-refractivity contribution in [2.24, 2.45) is 11.8 Å². The lowest BCUT2D eigenvalue weighted by molar-refractivity contribution is 0.0432. The number of hydrogen-bond acceptors (Lipinski definition) is 3.